The zero-order chi connectivity index (χ0) is 21.3. The summed E-state index contributed by atoms with van der Waals surface area (Å²) in [5, 5.41) is 6.37. The Bertz CT molecular complexity index is 916. The van der Waals surface area contributed by atoms with Gasteiger partial charge in [0.05, 0.1) is 6.61 Å². The normalized spacial score (nSPS) is 11.8. The quantitative estimate of drug-likeness (QED) is 0.543. The number of benzene rings is 2. The molecular weight excluding hydrogens is 384 g/mol. The minimum absolute atomic E-state index is 0.210. The zero-order valence-electron chi connectivity index (χ0n) is 16.9. The third-order valence-corrected chi connectivity index (χ3v) is 4.52. The Morgan fingerprint density at radius 2 is 1.63 bits per heavy atom. The molecule has 0 aliphatic carbocycles. The molecule has 1 atom stereocenters. The molecule has 0 saturated heterocycles. The van der Waals surface area contributed by atoms with E-state index >= 15 is 0 Å². The Kier molecular flexibility index (Phi) is 7.34. The van der Waals surface area contributed by atoms with Crippen molar-refractivity contribution in [2.45, 2.75) is 25.4 Å². The lowest BCUT2D eigenvalue weighted by molar-refractivity contribution is -0.155. The average molecular weight is 408 g/mol. The Morgan fingerprint density at radius 3 is 2.13 bits per heavy atom. The van der Waals surface area contributed by atoms with Crippen LogP contribution in [0.15, 0.2) is 71.3 Å². The summed E-state index contributed by atoms with van der Waals surface area (Å²) in [5.41, 5.74) is 1.57. The predicted octanol–water partition coefficient (Wildman–Crippen LogP) is 3.70. The van der Waals surface area contributed by atoms with Gasteiger partial charge in [0.25, 0.3) is 5.91 Å². The molecule has 1 N–H and O–H groups in total. The monoisotopic (exact) mass is 408 g/mol. The van der Waals surface area contributed by atoms with Crippen molar-refractivity contribution >= 4 is 17.7 Å². The Labute approximate surface area is 175 Å². The highest BCUT2D eigenvalue weighted by molar-refractivity contribution is 5.95. The lowest BCUT2D eigenvalue weighted by atomic mass is 9.91. The molecule has 1 amide bonds. The number of aromatic nitrogens is 1. The first-order chi connectivity index (χ1) is 14.6. The first-order valence-corrected chi connectivity index (χ1v) is 9.62. The van der Waals surface area contributed by atoms with Crippen molar-refractivity contribution in [1.82, 2.24) is 5.16 Å². The first-order valence-electron chi connectivity index (χ1n) is 9.62. The van der Waals surface area contributed by atoms with Gasteiger partial charge < -0.3 is 19.3 Å². The molecular formula is C23H24N2O5. The molecule has 3 rings (SSSR count). The fourth-order valence-electron chi connectivity index (χ4n) is 3.06. The number of carbonyl (C=O) groups is 2. The number of anilines is 1. The lowest BCUT2D eigenvalue weighted by Crippen LogP contribution is -2.35. The summed E-state index contributed by atoms with van der Waals surface area (Å²) in [7, 11) is 1.52. The summed E-state index contributed by atoms with van der Waals surface area (Å²) in [4.78, 5) is 25.9. The first kappa shape index (κ1) is 21.3. The van der Waals surface area contributed by atoms with Crippen LogP contribution in [0.25, 0.3) is 0 Å². The molecule has 0 saturated carbocycles. The molecule has 2 aromatic carbocycles. The van der Waals surface area contributed by atoms with Crippen molar-refractivity contribution in [3.63, 3.8) is 0 Å². The van der Waals surface area contributed by atoms with Crippen LogP contribution in [-0.4, -0.2) is 36.9 Å². The fourth-order valence-corrected chi connectivity index (χ4v) is 3.06. The van der Waals surface area contributed by atoms with Gasteiger partial charge in [-0.1, -0.05) is 65.8 Å². The number of rotatable bonds is 9. The largest absolute Gasteiger partial charge is 0.451 e. The molecule has 1 heterocycles. The van der Waals surface area contributed by atoms with Crippen molar-refractivity contribution in [3.8, 4) is 0 Å². The van der Waals surface area contributed by atoms with Gasteiger partial charge in [-0.3, -0.25) is 9.59 Å². The number of nitrogens with zero attached hydrogens (tertiary/aromatic N) is 1. The minimum Gasteiger partial charge on any atom is -0.451 e. The number of methoxy groups -OCH3 is 1. The van der Waals surface area contributed by atoms with Crippen LogP contribution in [0.4, 0.5) is 5.82 Å². The molecule has 0 fully saturated rings. The Balaban J connectivity index is 1.81. The van der Waals surface area contributed by atoms with Crippen molar-refractivity contribution in [2.75, 3.05) is 19.0 Å². The second kappa shape index (κ2) is 10.4. The van der Waals surface area contributed by atoms with Crippen molar-refractivity contribution < 1.29 is 23.6 Å². The smallest absolute Gasteiger partial charge is 0.318 e. The second-order valence-electron chi connectivity index (χ2n) is 6.77. The van der Waals surface area contributed by atoms with Crippen LogP contribution in [0.1, 0.15) is 29.2 Å². The van der Waals surface area contributed by atoms with Crippen LogP contribution in [0.3, 0.4) is 0 Å². The molecule has 0 aliphatic heterocycles. The molecule has 7 heteroatoms. The summed E-state index contributed by atoms with van der Waals surface area (Å²) in [5.74, 6) is -0.837. The van der Waals surface area contributed by atoms with E-state index in [1.807, 2.05) is 60.7 Å². The SMILES string of the molecule is COCC[C@@H](OC(=O)C(c1ccccc1)c1ccccc1)C(=O)Nc1cc(C)on1. The second-order valence-corrected chi connectivity index (χ2v) is 6.77. The summed E-state index contributed by atoms with van der Waals surface area (Å²) in [6.45, 7) is 1.97. The average Bonchev–Trinajstić information content (AvgIpc) is 3.17. The van der Waals surface area contributed by atoms with Gasteiger partial charge in [0.1, 0.15) is 11.7 Å². The molecule has 156 valence electrons. The van der Waals surface area contributed by atoms with Gasteiger partial charge >= 0.3 is 5.97 Å². The zero-order valence-corrected chi connectivity index (χ0v) is 16.9. The highest BCUT2D eigenvalue weighted by atomic mass is 16.6. The van der Waals surface area contributed by atoms with Crippen molar-refractivity contribution in [3.05, 3.63) is 83.6 Å². The van der Waals surface area contributed by atoms with Gasteiger partial charge in [0, 0.05) is 19.6 Å². The van der Waals surface area contributed by atoms with Crippen LogP contribution in [-0.2, 0) is 19.1 Å². The van der Waals surface area contributed by atoms with Gasteiger partial charge in [0.15, 0.2) is 11.9 Å². The molecule has 30 heavy (non-hydrogen) atoms. The highest BCUT2D eigenvalue weighted by Crippen LogP contribution is 2.27. The maximum atomic E-state index is 13.2. The maximum absolute atomic E-state index is 13.2. The summed E-state index contributed by atoms with van der Waals surface area (Å²) in [6, 6.07) is 20.2. The molecule has 0 unspecified atom stereocenters. The number of carbonyl (C=O) groups excluding carboxylic acids is 2. The number of amides is 1. The number of esters is 1. The van der Waals surface area contributed by atoms with Crippen LogP contribution in [0.5, 0.6) is 0 Å². The predicted molar refractivity (Wildman–Crippen MR) is 111 cm³/mol. The lowest BCUT2D eigenvalue weighted by Gasteiger charge is -2.22. The molecule has 0 aliphatic rings. The molecule has 7 nitrogen and oxygen atoms in total. The maximum Gasteiger partial charge on any atom is 0.318 e. The molecule has 0 bridgehead atoms. The highest BCUT2D eigenvalue weighted by Gasteiger charge is 2.30. The van der Waals surface area contributed by atoms with Crippen molar-refractivity contribution in [2.24, 2.45) is 0 Å². The van der Waals surface area contributed by atoms with Gasteiger partial charge in [0.2, 0.25) is 0 Å². The van der Waals surface area contributed by atoms with Crippen LogP contribution in [0, 0.1) is 6.92 Å². The number of ether oxygens (including phenoxy) is 2. The Morgan fingerprint density at radius 1 is 1.03 bits per heavy atom. The molecule has 3 aromatic rings. The van der Waals surface area contributed by atoms with E-state index in [0.717, 1.165) is 11.1 Å². The fraction of sp³-hybridized carbons (Fsp3) is 0.261. The summed E-state index contributed by atoms with van der Waals surface area (Å²) in [6.07, 6.45) is -0.828. The standard InChI is InChI=1S/C23H24N2O5/c1-16-15-20(25-30-16)24-22(26)19(13-14-28-2)29-23(27)21(17-9-5-3-6-10-17)18-11-7-4-8-12-18/h3-12,15,19,21H,13-14H2,1-2H3,(H,24,25,26)/t19-/m1/s1. The van der Waals surface area contributed by atoms with E-state index < -0.39 is 23.9 Å². The van der Waals surface area contributed by atoms with Gasteiger partial charge in [-0.2, -0.15) is 0 Å². The van der Waals surface area contributed by atoms with E-state index in [4.69, 9.17) is 14.0 Å². The van der Waals surface area contributed by atoms with Crippen molar-refractivity contribution in [1.29, 1.82) is 0 Å². The number of hydrogen-bond donors (Lipinski definition) is 1. The van der Waals surface area contributed by atoms with Gasteiger partial charge in [-0.15, -0.1) is 0 Å². The third kappa shape index (κ3) is 5.55. The molecule has 1 aromatic heterocycles. The van der Waals surface area contributed by atoms with Gasteiger partial charge in [-0.25, -0.2) is 0 Å². The van der Waals surface area contributed by atoms with E-state index in [1.54, 1.807) is 13.0 Å². The van der Waals surface area contributed by atoms with E-state index in [1.165, 1.54) is 7.11 Å². The molecule has 0 radical (unpaired) electrons. The summed E-state index contributed by atoms with van der Waals surface area (Å²) >= 11 is 0. The third-order valence-electron chi connectivity index (χ3n) is 4.52. The van der Waals surface area contributed by atoms with E-state index in [-0.39, 0.29) is 18.8 Å². The van der Waals surface area contributed by atoms with E-state index in [0.29, 0.717) is 5.76 Å². The van der Waals surface area contributed by atoms with Crippen LogP contribution < -0.4 is 5.32 Å². The van der Waals surface area contributed by atoms with Crippen LogP contribution >= 0.6 is 0 Å². The Hall–Kier alpha value is -3.45. The van der Waals surface area contributed by atoms with E-state index in [2.05, 4.69) is 10.5 Å². The van der Waals surface area contributed by atoms with E-state index in [9.17, 15) is 9.59 Å². The minimum atomic E-state index is -1.04. The van der Waals surface area contributed by atoms with Gasteiger partial charge in [-0.05, 0) is 18.1 Å². The number of nitrogens with one attached hydrogen (secondary N) is 1. The number of hydrogen-bond acceptors (Lipinski definition) is 6. The number of aryl methyl sites for hydroxylation is 1. The molecule has 0 spiro atoms. The van der Waals surface area contributed by atoms with Crippen LogP contribution in [0.2, 0.25) is 0 Å². The summed E-state index contributed by atoms with van der Waals surface area (Å²) < 4.78 is 15.7. The topological polar surface area (TPSA) is 90.7 Å².